The first-order valence-corrected chi connectivity index (χ1v) is 8.57. The topological polar surface area (TPSA) is 113 Å². The molecule has 0 bridgehead atoms. The van der Waals surface area contributed by atoms with E-state index in [0.717, 1.165) is 6.26 Å². The fraction of sp³-hybridized carbons (Fsp3) is 0.583. The highest BCUT2D eigenvalue weighted by molar-refractivity contribution is 7.88. The minimum atomic E-state index is -3.25. The van der Waals surface area contributed by atoms with Crippen LogP contribution in [0.4, 0.5) is 0 Å². The number of hydrogen-bond donors (Lipinski definition) is 1. The summed E-state index contributed by atoms with van der Waals surface area (Å²) in [6.07, 6.45) is 2.58. The van der Waals surface area contributed by atoms with Crippen molar-refractivity contribution in [1.82, 2.24) is 19.0 Å². The molecule has 0 spiro atoms. The molecular formula is C12H18N4O5S. The van der Waals surface area contributed by atoms with Crippen LogP contribution in [0.2, 0.25) is 0 Å². The van der Waals surface area contributed by atoms with E-state index in [4.69, 9.17) is 5.11 Å². The maximum absolute atomic E-state index is 12.3. The Kier molecular flexibility index (Phi) is 4.52. The van der Waals surface area contributed by atoms with Crippen LogP contribution in [0.1, 0.15) is 23.5 Å². The van der Waals surface area contributed by atoms with Gasteiger partial charge < -0.3 is 10.0 Å². The number of piperazine rings is 1. The van der Waals surface area contributed by atoms with Gasteiger partial charge in [-0.05, 0) is 13.0 Å². The fourth-order valence-electron chi connectivity index (χ4n) is 2.17. The lowest BCUT2D eigenvalue weighted by Gasteiger charge is -2.32. The molecule has 1 fully saturated rings. The third kappa shape index (κ3) is 3.45. The molecule has 1 aromatic rings. The number of carbonyl (C=O) groups excluding carboxylic acids is 1. The van der Waals surface area contributed by atoms with Crippen LogP contribution in [0.5, 0.6) is 0 Å². The number of hydrogen-bond acceptors (Lipinski definition) is 5. The number of sulfonamides is 1. The molecule has 22 heavy (non-hydrogen) atoms. The van der Waals surface area contributed by atoms with E-state index in [1.807, 2.05) is 0 Å². The molecule has 10 heteroatoms. The molecule has 0 aromatic carbocycles. The number of rotatable bonds is 4. The zero-order valence-corrected chi connectivity index (χ0v) is 13.2. The van der Waals surface area contributed by atoms with E-state index in [-0.39, 0.29) is 37.8 Å². The Hall–Kier alpha value is -1.94. The smallest absolute Gasteiger partial charge is 0.328 e. The molecule has 0 saturated carbocycles. The molecule has 122 valence electrons. The van der Waals surface area contributed by atoms with Gasteiger partial charge in [0.1, 0.15) is 11.7 Å². The summed E-state index contributed by atoms with van der Waals surface area (Å²) in [5.41, 5.74) is 0.154. The lowest BCUT2D eigenvalue weighted by atomic mass is 10.3. The summed E-state index contributed by atoms with van der Waals surface area (Å²) in [5.74, 6) is -1.37. The van der Waals surface area contributed by atoms with Crippen molar-refractivity contribution in [3.8, 4) is 0 Å². The molecule has 2 heterocycles. The first-order chi connectivity index (χ1) is 10.2. The molecule has 1 aliphatic heterocycles. The molecule has 1 N–H and O–H groups in total. The summed E-state index contributed by atoms with van der Waals surface area (Å²) in [5, 5.41) is 12.9. The number of nitrogens with zero attached hydrogens (tertiary/aromatic N) is 4. The standard InChI is InChI=1S/C12H18N4O5S/c1-9(12(18)19)16-4-3-10(13-16)11(17)14-5-7-15(8-6-14)22(2,20)21/h3-4,9H,5-8H2,1-2H3,(H,18,19). The molecule has 1 saturated heterocycles. The lowest BCUT2D eigenvalue weighted by Crippen LogP contribution is -2.50. The molecule has 1 atom stereocenters. The maximum Gasteiger partial charge on any atom is 0.328 e. The summed E-state index contributed by atoms with van der Waals surface area (Å²) < 4.78 is 25.4. The highest BCUT2D eigenvalue weighted by atomic mass is 32.2. The van der Waals surface area contributed by atoms with E-state index < -0.39 is 22.0 Å². The van der Waals surface area contributed by atoms with Gasteiger partial charge in [-0.1, -0.05) is 0 Å². The third-order valence-corrected chi connectivity index (χ3v) is 4.88. The number of aromatic nitrogens is 2. The van der Waals surface area contributed by atoms with Crippen LogP contribution in [-0.4, -0.2) is 76.8 Å². The Labute approximate surface area is 128 Å². The van der Waals surface area contributed by atoms with Crippen molar-refractivity contribution in [3.63, 3.8) is 0 Å². The molecule has 1 aliphatic rings. The van der Waals surface area contributed by atoms with Crippen molar-refractivity contribution in [2.24, 2.45) is 0 Å². The normalized spacial score (nSPS) is 18.2. The van der Waals surface area contributed by atoms with Crippen LogP contribution < -0.4 is 0 Å². The van der Waals surface area contributed by atoms with E-state index in [1.165, 1.54) is 33.1 Å². The predicted molar refractivity (Wildman–Crippen MR) is 76.9 cm³/mol. The largest absolute Gasteiger partial charge is 0.480 e. The molecule has 1 unspecified atom stereocenters. The van der Waals surface area contributed by atoms with Crippen molar-refractivity contribution >= 4 is 21.9 Å². The minimum Gasteiger partial charge on any atom is -0.480 e. The molecule has 0 aliphatic carbocycles. The van der Waals surface area contributed by atoms with E-state index in [1.54, 1.807) is 0 Å². The van der Waals surface area contributed by atoms with Gasteiger partial charge in [0.05, 0.1) is 6.26 Å². The van der Waals surface area contributed by atoms with Gasteiger partial charge in [0.2, 0.25) is 10.0 Å². The van der Waals surface area contributed by atoms with Gasteiger partial charge in [-0.3, -0.25) is 9.48 Å². The lowest BCUT2D eigenvalue weighted by molar-refractivity contribution is -0.140. The van der Waals surface area contributed by atoms with E-state index >= 15 is 0 Å². The van der Waals surface area contributed by atoms with Crippen LogP contribution >= 0.6 is 0 Å². The van der Waals surface area contributed by atoms with Gasteiger partial charge in [0.25, 0.3) is 5.91 Å². The molecule has 1 aromatic heterocycles. The molecule has 2 rings (SSSR count). The number of carboxylic acid groups (broad SMARTS) is 1. The van der Waals surface area contributed by atoms with Gasteiger partial charge in [-0.2, -0.15) is 9.40 Å². The van der Waals surface area contributed by atoms with Crippen LogP contribution in [0, 0.1) is 0 Å². The van der Waals surface area contributed by atoms with Gasteiger partial charge in [-0.25, -0.2) is 13.2 Å². The summed E-state index contributed by atoms with van der Waals surface area (Å²) in [4.78, 5) is 24.7. The monoisotopic (exact) mass is 330 g/mol. The van der Waals surface area contributed by atoms with Crippen LogP contribution in [-0.2, 0) is 14.8 Å². The first kappa shape index (κ1) is 16.4. The quantitative estimate of drug-likeness (QED) is 0.777. The maximum atomic E-state index is 12.3. The van der Waals surface area contributed by atoms with Crippen LogP contribution in [0.15, 0.2) is 12.3 Å². The predicted octanol–water partition coefficient (Wildman–Crippen LogP) is -0.754. The summed E-state index contributed by atoms with van der Waals surface area (Å²) in [6, 6.07) is 0.605. The average molecular weight is 330 g/mol. The first-order valence-electron chi connectivity index (χ1n) is 6.72. The Balaban J connectivity index is 2.03. The zero-order chi connectivity index (χ0) is 16.5. The zero-order valence-electron chi connectivity index (χ0n) is 12.3. The van der Waals surface area contributed by atoms with Crippen molar-refractivity contribution in [2.45, 2.75) is 13.0 Å². The molecule has 9 nitrogen and oxygen atoms in total. The number of amides is 1. The summed E-state index contributed by atoms with van der Waals surface area (Å²) in [7, 11) is -3.25. The second-order valence-corrected chi connectivity index (χ2v) is 7.13. The highest BCUT2D eigenvalue weighted by Crippen LogP contribution is 2.11. The Bertz CT molecular complexity index is 675. The van der Waals surface area contributed by atoms with Crippen LogP contribution in [0.25, 0.3) is 0 Å². The van der Waals surface area contributed by atoms with Gasteiger partial charge in [0.15, 0.2) is 0 Å². The second-order valence-electron chi connectivity index (χ2n) is 5.15. The van der Waals surface area contributed by atoms with Gasteiger partial charge in [-0.15, -0.1) is 0 Å². The summed E-state index contributed by atoms with van der Waals surface area (Å²) >= 11 is 0. The summed E-state index contributed by atoms with van der Waals surface area (Å²) in [6.45, 7) is 2.53. The van der Waals surface area contributed by atoms with Gasteiger partial charge in [0, 0.05) is 32.4 Å². The van der Waals surface area contributed by atoms with Gasteiger partial charge >= 0.3 is 5.97 Å². The number of carboxylic acids is 1. The molecule has 0 radical (unpaired) electrons. The Morgan fingerprint density at radius 3 is 2.36 bits per heavy atom. The van der Waals surface area contributed by atoms with Crippen LogP contribution in [0.3, 0.4) is 0 Å². The Morgan fingerprint density at radius 2 is 1.86 bits per heavy atom. The number of carbonyl (C=O) groups is 2. The van der Waals surface area contributed by atoms with E-state index in [9.17, 15) is 18.0 Å². The van der Waals surface area contributed by atoms with Crippen molar-refractivity contribution in [2.75, 3.05) is 32.4 Å². The minimum absolute atomic E-state index is 0.154. The third-order valence-electron chi connectivity index (χ3n) is 3.58. The second kappa shape index (κ2) is 6.05. The number of aliphatic carboxylic acids is 1. The fourth-order valence-corrected chi connectivity index (χ4v) is 2.99. The highest BCUT2D eigenvalue weighted by Gasteiger charge is 2.28. The van der Waals surface area contributed by atoms with Crippen molar-refractivity contribution in [3.05, 3.63) is 18.0 Å². The van der Waals surface area contributed by atoms with E-state index in [2.05, 4.69) is 5.10 Å². The molecule has 1 amide bonds. The van der Waals surface area contributed by atoms with Crippen molar-refractivity contribution < 1.29 is 23.1 Å². The SMILES string of the molecule is CC(C(=O)O)n1ccc(C(=O)N2CCN(S(C)(=O)=O)CC2)n1. The van der Waals surface area contributed by atoms with Crippen molar-refractivity contribution in [1.29, 1.82) is 0 Å². The Morgan fingerprint density at radius 1 is 1.27 bits per heavy atom. The molecular weight excluding hydrogens is 312 g/mol. The van der Waals surface area contributed by atoms with E-state index in [0.29, 0.717) is 0 Å². The average Bonchev–Trinajstić information content (AvgIpc) is 2.94.